The van der Waals surface area contributed by atoms with Crippen molar-refractivity contribution in [3.63, 3.8) is 0 Å². The van der Waals surface area contributed by atoms with Gasteiger partial charge in [0.05, 0.1) is 17.2 Å². The Morgan fingerprint density at radius 1 is 1.64 bits per heavy atom. The fourth-order valence-electron chi connectivity index (χ4n) is 1.04. The summed E-state index contributed by atoms with van der Waals surface area (Å²) in [6, 6.07) is 4.09. The minimum Gasteiger partial charge on any atom is -0.271 e. The van der Waals surface area contributed by atoms with Crippen LogP contribution >= 0.6 is 0 Å². The predicted molar refractivity (Wildman–Crippen MR) is 41.8 cm³/mol. The first-order valence-electron chi connectivity index (χ1n) is 3.47. The summed E-state index contributed by atoms with van der Waals surface area (Å²) in [6.45, 7) is 3.76. The smallest absolute Gasteiger partial charge is 0.0933 e. The van der Waals surface area contributed by atoms with Gasteiger partial charge in [-0.2, -0.15) is 10.4 Å². The summed E-state index contributed by atoms with van der Waals surface area (Å²) in [5.74, 6) is 0. The van der Waals surface area contributed by atoms with Gasteiger partial charge in [-0.3, -0.25) is 4.68 Å². The molecule has 11 heavy (non-hydrogen) atoms. The van der Waals surface area contributed by atoms with Crippen LogP contribution in [-0.4, -0.2) is 9.78 Å². The lowest BCUT2D eigenvalue weighted by Gasteiger charge is -2.14. The van der Waals surface area contributed by atoms with Crippen molar-refractivity contribution in [2.24, 2.45) is 7.05 Å². The van der Waals surface area contributed by atoms with Crippen molar-refractivity contribution >= 4 is 0 Å². The maximum absolute atomic E-state index is 8.80. The lowest BCUT2D eigenvalue weighted by molar-refractivity contribution is 0.587. The molecule has 3 heteroatoms. The first-order valence-corrected chi connectivity index (χ1v) is 3.47. The summed E-state index contributed by atoms with van der Waals surface area (Å²) in [7, 11) is 1.84. The van der Waals surface area contributed by atoms with E-state index in [1.54, 1.807) is 10.9 Å². The van der Waals surface area contributed by atoms with Crippen molar-refractivity contribution in [2.45, 2.75) is 19.3 Å². The molecule has 58 valence electrons. The van der Waals surface area contributed by atoms with Gasteiger partial charge in [0.1, 0.15) is 0 Å². The molecule has 0 radical (unpaired) electrons. The molecular weight excluding hydrogens is 138 g/mol. The Kier molecular flexibility index (Phi) is 1.69. The fourth-order valence-corrected chi connectivity index (χ4v) is 1.04. The molecule has 0 fully saturated rings. The molecule has 0 atom stereocenters. The zero-order valence-electron chi connectivity index (χ0n) is 7.00. The SMILES string of the molecule is Cn1nccc1C(C)(C)C#N. The van der Waals surface area contributed by atoms with Crippen LogP contribution < -0.4 is 0 Å². The van der Waals surface area contributed by atoms with Crippen molar-refractivity contribution < 1.29 is 0 Å². The highest BCUT2D eigenvalue weighted by Gasteiger charge is 2.22. The highest BCUT2D eigenvalue weighted by molar-refractivity contribution is 5.22. The first kappa shape index (κ1) is 7.80. The fraction of sp³-hybridized carbons (Fsp3) is 0.500. The van der Waals surface area contributed by atoms with Gasteiger partial charge in [0.25, 0.3) is 0 Å². The molecular formula is C8H11N3. The van der Waals surface area contributed by atoms with Gasteiger partial charge in [0.15, 0.2) is 0 Å². The van der Waals surface area contributed by atoms with Crippen LogP contribution in [0.2, 0.25) is 0 Å². The van der Waals surface area contributed by atoms with E-state index in [0.29, 0.717) is 0 Å². The second-order valence-corrected chi connectivity index (χ2v) is 3.08. The van der Waals surface area contributed by atoms with Crippen LogP contribution in [0.25, 0.3) is 0 Å². The van der Waals surface area contributed by atoms with Gasteiger partial charge in [-0.05, 0) is 19.9 Å². The minimum absolute atomic E-state index is 0.439. The molecule has 1 rings (SSSR count). The van der Waals surface area contributed by atoms with Crippen LogP contribution in [0.5, 0.6) is 0 Å². The summed E-state index contributed by atoms with van der Waals surface area (Å²) < 4.78 is 1.73. The van der Waals surface area contributed by atoms with E-state index in [2.05, 4.69) is 11.2 Å². The maximum Gasteiger partial charge on any atom is 0.0933 e. The van der Waals surface area contributed by atoms with Gasteiger partial charge >= 0.3 is 0 Å². The van der Waals surface area contributed by atoms with Crippen LogP contribution in [0.3, 0.4) is 0 Å². The Morgan fingerprint density at radius 2 is 2.27 bits per heavy atom. The monoisotopic (exact) mass is 149 g/mol. The van der Waals surface area contributed by atoms with Crippen molar-refractivity contribution in [3.8, 4) is 6.07 Å². The van der Waals surface area contributed by atoms with Gasteiger partial charge in [-0.1, -0.05) is 0 Å². The molecule has 0 amide bonds. The second-order valence-electron chi connectivity index (χ2n) is 3.08. The molecule has 0 saturated heterocycles. The zero-order chi connectivity index (χ0) is 8.48. The van der Waals surface area contributed by atoms with Crippen molar-refractivity contribution in [3.05, 3.63) is 18.0 Å². The summed E-state index contributed by atoms with van der Waals surface area (Å²) >= 11 is 0. The molecule has 0 aliphatic rings. The van der Waals surface area contributed by atoms with Gasteiger partial charge in [0, 0.05) is 13.2 Å². The van der Waals surface area contributed by atoms with Crippen LogP contribution in [0.1, 0.15) is 19.5 Å². The number of hydrogen-bond acceptors (Lipinski definition) is 2. The lowest BCUT2D eigenvalue weighted by atomic mass is 9.91. The van der Waals surface area contributed by atoms with E-state index in [-0.39, 0.29) is 0 Å². The van der Waals surface area contributed by atoms with E-state index in [9.17, 15) is 0 Å². The molecule has 0 aliphatic heterocycles. The van der Waals surface area contributed by atoms with Crippen LogP contribution in [-0.2, 0) is 12.5 Å². The highest BCUT2D eigenvalue weighted by Crippen LogP contribution is 2.20. The molecule has 0 saturated carbocycles. The Balaban J connectivity index is 3.13. The van der Waals surface area contributed by atoms with E-state index in [0.717, 1.165) is 5.69 Å². The van der Waals surface area contributed by atoms with Crippen LogP contribution in [0.4, 0.5) is 0 Å². The maximum atomic E-state index is 8.80. The van der Waals surface area contributed by atoms with E-state index in [4.69, 9.17) is 5.26 Å². The first-order chi connectivity index (χ1) is 5.08. The molecule has 0 N–H and O–H groups in total. The molecule has 1 heterocycles. The highest BCUT2D eigenvalue weighted by atomic mass is 15.3. The van der Waals surface area contributed by atoms with E-state index < -0.39 is 5.41 Å². The lowest BCUT2D eigenvalue weighted by Crippen LogP contribution is -2.18. The summed E-state index contributed by atoms with van der Waals surface area (Å²) in [5.41, 5.74) is 0.505. The summed E-state index contributed by atoms with van der Waals surface area (Å²) in [4.78, 5) is 0. The number of aromatic nitrogens is 2. The van der Waals surface area contributed by atoms with Gasteiger partial charge in [-0.15, -0.1) is 0 Å². The number of hydrogen-bond donors (Lipinski definition) is 0. The van der Waals surface area contributed by atoms with Crippen LogP contribution in [0, 0.1) is 11.3 Å². The molecule has 1 aromatic heterocycles. The van der Waals surface area contributed by atoms with E-state index in [1.807, 2.05) is 27.0 Å². The molecule has 0 unspecified atom stereocenters. The molecule has 1 aromatic rings. The average molecular weight is 149 g/mol. The molecule has 0 spiro atoms. The topological polar surface area (TPSA) is 41.6 Å². The Morgan fingerprint density at radius 3 is 2.64 bits per heavy atom. The number of rotatable bonds is 1. The summed E-state index contributed by atoms with van der Waals surface area (Å²) in [5, 5.41) is 12.8. The van der Waals surface area contributed by atoms with Gasteiger partial charge in [-0.25, -0.2) is 0 Å². The Bertz CT molecular complexity index is 291. The van der Waals surface area contributed by atoms with Crippen molar-refractivity contribution in [1.82, 2.24) is 9.78 Å². The molecule has 0 bridgehead atoms. The third-order valence-electron chi connectivity index (χ3n) is 1.74. The zero-order valence-corrected chi connectivity index (χ0v) is 7.00. The van der Waals surface area contributed by atoms with E-state index >= 15 is 0 Å². The molecule has 0 aromatic carbocycles. The largest absolute Gasteiger partial charge is 0.271 e. The Hall–Kier alpha value is -1.30. The second kappa shape index (κ2) is 2.39. The van der Waals surface area contributed by atoms with Gasteiger partial charge in [0.2, 0.25) is 0 Å². The minimum atomic E-state index is -0.439. The normalized spacial score (nSPS) is 11.1. The van der Waals surface area contributed by atoms with Crippen LogP contribution in [0.15, 0.2) is 12.3 Å². The third-order valence-corrected chi connectivity index (χ3v) is 1.74. The number of nitriles is 1. The quantitative estimate of drug-likeness (QED) is 0.602. The third kappa shape index (κ3) is 1.25. The van der Waals surface area contributed by atoms with E-state index in [1.165, 1.54) is 0 Å². The number of nitrogens with zero attached hydrogens (tertiary/aromatic N) is 3. The molecule has 0 aliphatic carbocycles. The van der Waals surface area contributed by atoms with Gasteiger partial charge < -0.3 is 0 Å². The van der Waals surface area contributed by atoms with Crippen molar-refractivity contribution in [2.75, 3.05) is 0 Å². The summed E-state index contributed by atoms with van der Waals surface area (Å²) in [6.07, 6.45) is 1.70. The Labute approximate surface area is 66.3 Å². The predicted octanol–water partition coefficient (Wildman–Crippen LogP) is 1.22. The number of aryl methyl sites for hydroxylation is 1. The standard InChI is InChI=1S/C8H11N3/c1-8(2,6-9)7-4-5-10-11(7)3/h4-5H,1-3H3. The average Bonchev–Trinajstić information content (AvgIpc) is 2.36. The van der Waals surface area contributed by atoms with Crippen molar-refractivity contribution in [1.29, 1.82) is 5.26 Å². The molecule has 3 nitrogen and oxygen atoms in total.